The van der Waals surface area contributed by atoms with E-state index >= 15 is 0 Å². The average Bonchev–Trinajstić information content (AvgIpc) is 3.25. The number of aromatic nitrogens is 1. The number of halogens is 1. The smallest absolute Gasteiger partial charge is 0.407 e. The number of fused-ring (bicyclic) bond motifs is 1. The van der Waals surface area contributed by atoms with Crippen molar-refractivity contribution in [3.63, 3.8) is 0 Å². The molecule has 164 valence electrons. The maximum atomic E-state index is 13.1. The molecule has 1 saturated carbocycles. The molecule has 0 aliphatic heterocycles. The highest BCUT2D eigenvalue weighted by Gasteiger charge is 2.24. The van der Waals surface area contributed by atoms with E-state index in [4.69, 9.17) is 13.9 Å². The minimum absolute atomic E-state index is 0.0305. The molecular formula is C21H28FN3O5. The van der Waals surface area contributed by atoms with Crippen molar-refractivity contribution < 1.29 is 28.2 Å². The Kier molecular flexibility index (Phi) is 6.81. The first kappa shape index (κ1) is 21.9. The molecule has 30 heavy (non-hydrogen) atoms. The summed E-state index contributed by atoms with van der Waals surface area (Å²) in [6.07, 6.45) is 1.80. The first-order valence-corrected chi connectivity index (χ1v) is 9.95. The Bertz CT molecular complexity index is 906. The molecule has 1 aliphatic rings. The Morgan fingerprint density at radius 3 is 2.87 bits per heavy atom. The monoisotopic (exact) mass is 421 g/mol. The molecule has 1 heterocycles. The first-order valence-electron chi connectivity index (χ1n) is 9.95. The molecule has 1 fully saturated rings. The summed E-state index contributed by atoms with van der Waals surface area (Å²) in [6, 6.07) is 5.67. The van der Waals surface area contributed by atoms with Gasteiger partial charge in [0.05, 0.1) is 12.4 Å². The van der Waals surface area contributed by atoms with E-state index < -0.39 is 11.7 Å². The van der Waals surface area contributed by atoms with Crippen LogP contribution in [0.15, 0.2) is 34.5 Å². The maximum absolute atomic E-state index is 13.1. The fourth-order valence-corrected chi connectivity index (χ4v) is 3.12. The van der Waals surface area contributed by atoms with Crippen LogP contribution in [0.3, 0.4) is 0 Å². The van der Waals surface area contributed by atoms with Gasteiger partial charge in [0.15, 0.2) is 5.58 Å². The third kappa shape index (κ3) is 6.35. The van der Waals surface area contributed by atoms with Crippen LogP contribution in [0.25, 0.3) is 11.1 Å². The number of hydrogen-bond acceptors (Lipinski definition) is 7. The van der Waals surface area contributed by atoms with Gasteiger partial charge in [-0.2, -0.15) is 4.98 Å². The number of hydrogen-bond donors (Lipinski definition) is 3. The van der Waals surface area contributed by atoms with Crippen molar-refractivity contribution in [2.45, 2.75) is 57.8 Å². The van der Waals surface area contributed by atoms with Crippen LogP contribution < -0.4 is 15.4 Å². The van der Waals surface area contributed by atoms with Crippen molar-refractivity contribution in [1.82, 2.24) is 10.3 Å². The number of aliphatic hydroxyl groups is 1. The lowest BCUT2D eigenvalue weighted by Crippen LogP contribution is -2.34. The van der Waals surface area contributed by atoms with E-state index in [0.717, 1.165) is 12.8 Å². The molecule has 2 unspecified atom stereocenters. The number of oxazole rings is 1. The van der Waals surface area contributed by atoms with Gasteiger partial charge in [-0.05, 0) is 52.2 Å². The fourth-order valence-electron chi connectivity index (χ4n) is 3.12. The molecule has 1 aliphatic carbocycles. The number of rotatable bonds is 7. The van der Waals surface area contributed by atoms with Gasteiger partial charge in [0, 0.05) is 24.2 Å². The summed E-state index contributed by atoms with van der Waals surface area (Å²) < 4.78 is 29.6. The Hall–Kier alpha value is -2.81. The predicted molar refractivity (Wildman–Crippen MR) is 110 cm³/mol. The van der Waals surface area contributed by atoms with Crippen molar-refractivity contribution in [2.24, 2.45) is 0 Å². The summed E-state index contributed by atoms with van der Waals surface area (Å²) in [4.78, 5) is 16.1. The van der Waals surface area contributed by atoms with Crippen molar-refractivity contribution in [1.29, 1.82) is 0 Å². The highest BCUT2D eigenvalue weighted by atomic mass is 19.1. The SMILES string of the molecule is CC(C)(C)OC(=O)NC/C(=C\F)COc1ccc2nc(NC3CCC(O)C3)oc2c1. The van der Waals surface area contributed by atoms with Gasteiger partial charge in [0.1, 0.15) is 23.5 Å². The second kappa shape index (κ2) is 9.34. The average molecular weight is 421 g/mol. The van der Waals surface area contributed by atoms with Crippen LogP contribution in [-0.4, -0.2) is 47.1 Å². The van der Waals surface area contributed by atoms with Crippen molar-refractivity contribution in [3.8, 4) is 5.75 Å². The lowest BCUT2D eigenvalue weighted by Gasteiger charge is -2.20. The lowest BCUT2D eigenvalue weighted by molar-refractivity contribution is 0.0531. The minimum Gasteiger partial charge on any atom is -0.489 e. The van der Waals surface area contributed by atoms with Gasteiger partial charge >= 0.3 is 6.09 Å². The Balaban J connectivity index is 1.53. The number of benzene rings is 1. The highest BCUT2D eigenvalue weighted by Crippen LogP contribution is 2.27. The number of carbonyl (C=O) groups excluding carboxylic acids is 1. The summed E-state index contributed by atoms with van der Waals surface area (Å²) in [5.74, 6) is 0.484. The summed E-state index contributed by atoms with van der Waals surface area (Å²) in [5.41, 5.74) is 0.820. The van der Waals surface area contributed by atoms with E-state index in [-0.39, 0.29) is 30.9 Å². The van der Waals surface area contributed by atoms with Gasteiger partial charge in [0.25, 0.3) is 6.01 Å². The number of anilines is 1. The lowest BCUT2D eigenvalue weighted by atomic mass is 10.2. The summed E-state index contributed by atoms with van der Waals surface area (Å²) >= 11 is 0. The fraction of sp³-hybridized carbons (Fsp3) is 0.524. The summed E-state index contributed by atoms with van der Waals surface area (Å²) in [6.45, 7) is 5.17. The Morgan fingerprint density at radius 2 is 2.20 bits per heavy atom. The molecule has 0 spiro atoms. The molecule has 1 aromatic heterocycles. The van der Waals surface area contributed by atoms with Crippen molar-refractivity contribution in [3.05, 3.63) is 30.1 Å². The molecule has 1 amide bonds. The maximum Gasteiger partial charge on any atom is 0.407 e. The molecule has 3 rings (SSSR count). The normalized spacial score (nSPS) is 19.7. The number of ether oxygens (including phenoxy) is 2. The van der Waals surface area contributed by atoms with E-state index in [1.807, 2.05) is 0 Å². The van der Waals surface area contributed by atoms with Gasteiger partial charge in [-0.25, -0.2) is 9.18 Å². The van der Waals surface area contributed by atoms with Crippen molar-refractivity contribution >= 4 is 23.2 Å². The zero-order valence-electron chi connectivity index (χ0n) is 17.4. The van der Waals surface area contributed by atoms with Crippen molar-refractivity contribution in [2.75, 3.05) is 18.5 Å². The van der Waals surface area contributed by atoms with Crippen LogP contribution in [-0.2, 0) is 4.74 Å². The zero-order chi connectivity index (χ0) is 21.7. The Labute approximate surface area is 174 Å². The molecule has 9 heteroatoms. The van der Waals surface area contributed by atoms with Crippen LogP contribution >= 0.6 is 0 Å². The van der Waals surface area contributed by atoms with Gasteiger partial charge < -0.3 is 29.6 Å². The van der Waals surface area contributed by atoms with Gasteiger partial charge in [0.2, 0.25) is 0 Å². The van der Waals surface area contributed by atoms with E-state index in [2.05, 4.69) is 15.6 Å². The zero-order valence-corrected chi connectivity index (χ0v) is 17.4. The molecule has 8 nitrogen and oxygen atoms in total. The van der Waals surface area contributed by atoms with Gasteiger partial charge in [-0.15, -0.1) is 0 Å². The molecule has 0 radical (unpaired) electrons. The quantitative estimate of drug-likeness (QED) is 0.622. The number of aliphatic hydroxyl groups excluding tert-OH is 1. The molecular weight excluding hydrogens is 393 g/mol. The molecule has 2 atom stereocenters. The van der Waals surface area contributed by atoms with E-state index in [1.165, 1.54) is 0 Å². The van der Waals surface area contributed by atoms with Crippen LogP contribution in [0.4, 0.5) is 15.2 Å². The van der Waals surface area contributed by atoms with E-state index in [9.17, 15) is 14.3 Å². The minimum atomic E-state index is -0.627. The first-order chi connectivity index (χ1) is 14.2. The summed E-state index contributed by atoms with van der Waals surface area (Å²) in [5, 5.41) is 15.3. The molecule has 3 N–H and O–H groups in total. The number of carbonyl (C=O) groups is 1. The predicted octanol–water partition coefficient (Wildman–Crippen LogP) is 3.91. The number of alkyl carbamates (subject to hydrolysis) is 1. The molecule has 1 aromatic carbocycles. The molecule has 0 saturated heterocycles. The Morgan fingerprint density at radius 1 is 1.40 bits per heavy atom. The number of nitrogens with zero attached hydrogens (tertiary/aromatic N) is 1. The highest BCUT2D eigenvalue weighted by molar-refractivity contribution is 5.76. The number of nitrogens with one attached hydrogen (secondary N) is 2. The second-order valence-electron chi connectivity index (χ2n) is 8.37. The van der Waals surface area contributed by atoms with Crippen LogP contribution in [0.5, 0.6) is 5.75 Å². The van der Waals surface area contributed by atoms with Crippen LogP contribution in [0, 0.1) is 0 Å². The van der Waals surface area contributed by atoms with E-state index in [1.54, 1.807) is 39.0 Å². The summed E-state index contributed by atoms with van der Waals surface area (Å²) in [7, 11) is 0. The standard InChI is InChI=1S/C21H28FN3O5/c1-21(2,3)30-20(27)23-11-13(10-22)12-28-16-6-7-17-18(9-16)29-19(25-17)24-14-4-5-15(26)8-14/h6-7,9-10,14-15,26H,4-5,8,11-12H2,1-3H3,(H,23,27)(H,24,25)/b13-10+. The van der Waals surface area contributed by atoms with Gasteiger partial charge in [-0.3, -0.25) is 0 Å². The molecule has 0 bridgehead atoms. The second-order valence-corrected chi connectivity index (χ2v) is 8.37. The van der Waals surface area contributed by atoms with Crippen LogP contribution in [0.1, 0.15) is 40.0 Å². The topological polar surface area (TPSA) is 106 Å². The van der Waals surface area contributed by atoms with Gasteiger partial charge in [-0.1, -0.05) is 0 Å². The largest absolute Gasteiger partial charge is 0.489 e. The van der Waals surface area contributed by atoms with E-state index in [0.29, 0.717) is 35.6 Å². The van der Waals surface area contributed by atoms with Crippen LogP contribution in [0.2, 0.25) is 0 Å². The number of amides is 1. The third-order valence-corrected chi connectivity index (χ3v) is 4.53. The molecule has 2 aromatic rings. The third-order valence-electron chi connectivity index (χ3n) is 4.53.